The lowest BCUT2D eigenvalue weighted by atomic mass is 10.0. The molecule has 1 heterocycles. The van der Waals surface area contributed by atoms with Gasteiger partial charge in [0.15, 0.2) is 0 Å². The van der Waals surface area contributed by atoms with Gasteiger partial charge in [0.25, 0.3) is 0 Å². The number of hydrogen-bond donors (Lipinski definition) is 1. The molecule has 1 fully saturated rings. The second-order valence-electron chi connectivity index (χ2n) is 5.18. The SMILES string of the molecule is COc1ccc([C@@H](C)N2CC([C@@H](O)CF)CC2=O)cc1. The maximum atomic E-state index is 12.5. The molecule has 0 bridgehead atoms. The standard InChI is InChI=1S/C15H20FNO3/c1-10(11-3-5-13(20-2)6-4-11)17-9-12(7-15(17)19)14(18)8-16/h3-6,10,12,14,18H,7-9H2,1-2H3/t10-,12?,14+/m1/s1. The number of nitrogens with zero attached hydrogens (tertiary/aromatic N) is 1. The number of carbonyl (C=O) groups is 1. The lowest BCUT2D eigenvalue weighted by Crippen LogP contribution is -2.30. The predicted octanol–water partition coefficient (Wildman–Crippen LogP) is 1.94. The van der Waals surface area contributed by atoms with E-state index in [1.54, 1.807) is 12.0 Å². The van der Waals surface area contributed by atoms with Crippen molar-refractivity contribution in [1.29, 1.82) is 0 Å². The van der Waals surface area contributed by atoms with Crippen LogP contribution in [0.15, 0.2) is 24.3 Å². The molecule has 1 N–H and O–H groups in total. The fraction of sp³-hybridized carbons (Fsp3) is 0.533. The van der Waals surface area contributed by atoms with Crippen molar-refractivity contribution in [2.75, 3.05) is 20.3 Å². The molecule has 1 aliphatic rings. The number of aliphatic hydroxyl groups is 1. The Kier molecular flexibility index (Phi) is 4.60. The van der Waals surface area contributed by atoms with Gasteiger partial charge in [-0.15, -0.1) is 0 Å². The van der Waals surface area contributed by atoms with Gasteiger partial charge in [-0.25, -0.2) is 4.39 Å². The average Bonchev–Trinajstić information content (AvgIpc) is 2.87. The number of methoxy groups -OCH3 is 1. The van der Waals surface area contributed by atoms with E-state index < -0.39 is 12.8 Å². The second-order valence-corrected chi connectivity index (χ2v) is 5.18. The zero-order chi connectivity index (χ0) is 14.7. The summed E-state index contributed by atoms with van der Waals surface area (Å²) in [4.78, 5) is 13.7. The van der Waals surface area contributed by atoms with Crippen LogP contribution in [0.2, 0.25) is 0 Å². The molecule has 2 rings (SSSR count). The highest BCUT2D eigenvalue weighted by Crippen LogP contribution is 2.30. The molecule has 1 amide bonds. The molecule has 1 aliphatic heterocycles. The lowest BCUT2D eigenvalue weighted by Gasteiger charge is -2.26. The van der Waals surface area contributed by atoms with Crippen molar-refractivity contribution < 1.29 is 19.0 Å². The Morgan fingerprint density at radius 1 is 1.45 bits per heavy atom. The monoisotopic (exact) mass is 281 g/mol. The topological polar surface area (TPSA) is 49.8 Å². The molecule has 20 heavy (non-hydrogen) atoms. The largest absolute Gasteiger partial charge is 0.497 e. The van der Waals surface area contributed by atoms with Gasteiger partial charge < -0.3 is 14.7 Å². The van der Waals surface area contributed by atoms with Gasteiger partial charge in [-0.3, -0.25) is 4.79 Å². The van der Waals surface area contributed by atoms with Crippen LogP contribution in [-0.4, -0.2) is 42.3 Å². The molecule has 110 valence electrons. The summed E-state index contributed by atoms with van der Waals surface area (Å²) >= 11 is 0. The number of halogens is 1. The van der Waals surface area contributed by atoms with E-state index in [-0.39, 0.29) is 24.3 Å². The van der Waals surface area contributed by atoms with E-state index in [2.05, 4.69) is 0 Å². The Bertz CT molecular complexity index is 463. The van der Waals surface area contributed by atoms with E-state index in [0.29, 0.717) is 6.54 Å². The van der Waals surface area contributed by atoms with Gasteiger partial charge in [0.1, 0.15) is 12.4 Å². The molecular formula is C15H20FNO3. The normalized spacial score (nSPS) is 21.9. The molecule has 0 saturated carbocycles. The minimum absolute atomic E-state index is 0.0363. The van der Waals surface area contributed by atoms with Crippen molar-refractivity contribution in [2.45, 2.75) is 25.5 Å². The van der Waals surface area contributed by atoms with Gasteiger partial charge in [0.2, 0.25) is 5.91 Å². The number of alkyl halides is 1. The van der Waals surface area contributed by atoms with Crippen molar-refractivity contribution in [3.63, 3.8) is 0 Å². The van der Waals surface area contributed by atoms with Crippen LogP contribution < -0.4 is 4.74 Å². The van der Waals surface area contributed by atoms with Crippen LogP contribution in [0.1, 0.15) is 24.9 Å². The molecule has 1 aromatic carbocycles. The lowest BCUT2D eigenvalue weighted by molar-refractivity contribution is -0.129. The first-order valence-electron chi connectivity index (χ1n) is 6.74. The summed E-state index contributed by atoms with van der Waals surface area (Å²) in [6.07, 6.45) is -0.835. The Labute approximate surface area is 118 Å². The van der Waals surface area contributed by atoms with Crippen LogP contribution in [0, 0.1) is 5.92 Å². The van der Waals surface area contributed by atoms with Gasteiger partial charge in [0, 0.05) is 18.9 Å². The molecule has 0 spiro atoms. The van der Waals surface area contributed by atoms with Crippen LogP contribution >= 0.6 is 0 Å². The van der Waals surface area contributed by atoms with E-state index in [1.165, 1.54) is 0 Å². The minimum Gasteiger partial charge on any atom is -0.497 e. The van der Waals surface area contributed by atoms with Crippen LogP contribution in [0.4, 0.5) is 4.39 Å². The number of ether oxygens (including phenoxy) is 1. The molecule has 0 radical (unpaired) electrons. The zero-order valence-electron chi connectivity index (χ0n) is 11.8. The van der Waals surface area contributed by atoms with Crippen LogP contribution in [0.3, 0.4) is 0 Å². The molecule has 1 aromatic rings. The average molecular weight is 281 g/mol. The number of benzene rings is 1. The van der Waals surface area contributed by atoms with Gasteiger partial charge in [-0.1, -0.05) is 12.1 Å². The van der Waals surface area contributed by atoms with Crippen molar-refractivity contribution >= 4 is 5.91 Å². The van der Waals surface area contributed by atoms with Crippen molar-refractivity contribution in [2.24, 2.45) is 5.92 Å². The number of rotatable bonds is 5. The quantitative estimate of drug-likeness (QED) is 0.897. The van der Waals surface area contributed by atoms with E-state index in [4.69, 9.17) is 4.74 Å². The molecule has 1 saturated heterocycles. The van der Waals surface area contributed by atoms with Crippen molar-refractivity contribution in [3.8, 4) is 5.75 Å². The molecule has 4 nitrogen and oxygen atoms in total. The Morgan fingerprint density at radius 3 is 2.65 bits per heavy atom. The third-order valence-electron chi connectivity index (χ3n) is 3.96. The first-order chi connectivity index (χ1) is 9.56. The number of hydrogen-bond acceptors (Lipinski definition) is 3. The maximum absolute atomic E-state index is 12.5. The van der Waals surface area contributed by atoms with Gasteiger partial charge in [0.05, 0.1) is 19.3 Å². The Hall–Kier alpha value is -1.62. The molecule has 1 unspecified atom stereocenters. The summed E-state index contributed by atoms with van der Waals surface area (Å²) in [5, 5.41) is 9.54. The van der Waals surface area contributed by atoms with Gasteiger partial charge in [-0.05, 0) is 24.6 Å². The van der Waals surface area contributed by atoms with Crippen molar-refractivity contribution in [3.05, 3.63) is 29.8 Å². The zero-order valence-corrected chi connectivity index (χ0v) is 11.8. The van der Waals surface area contributed by atoms with E-state index in [0.717, 1.165) is 11.3 Å². The van der Waals surface area contributed by atoms with Crippen LogP contribution in [0.25, 0.3) is 0 Å². The third kappa shape index (κ3) is 2.93. The fourth-order valence-electron chi connectivity index (χ4n) is 2.58. The summed E-state index contributed by atoms with van der Waals surface area (Å²) in [6, 6.07) is 7.43. The van der Waals surface area contributed by atoms with Crippen molar-refractivity contribution in [1.82, 2.24) is 4.90 Å². The first kappa shape index (κ1) is 14.8. The summed E-state index contributed by atoms with van der Waals surface area (Å²) in [6.45, 7) is 1.53. The van der Waals surface area contributed by atoms with E-state index in [9.17, 15) is 14.3 Å². The highest BCUT2D eigenvalue weighted by atomic mass is 19.1. The number of likely N-dealkylation sites (tertiary alicyclic amines) is 1. The summed E-state index contributed by atoms with van der Waals surface area (Å²) in [5.41, 5.74) is 0.995. The predicted molar refractivity (Wildman–Crippen MR) is 73.2 cm³/mol. The van der Waals surface area contributed by atoms with Crippen LogP contribution in [-0.2, 0) is 4.79 Å². The third-order valence-corrected chi connectivity index (χ3v) is 3.96. The molecule has 0 aliphatic carbocycles. The Morgan fingerprint density at radius 2 is 2.10 bits per heavy atom. The highest BCUT2D eigenvalue weighted by molar-refractivity contribution is 5.79. The number of amides is 1. The Balaban J connectivity index is 2.08. The smallest absolute Gasteiger partial charge is 0.223 e. The van der Waals surface area contributed by atoms with Gasteiger partial charge >= 0.3 is 0 Å². The summed E-state index contributed by atoms with van der Waals surface area (Å²) in [5.74, 6) is 0.415. The molecule has 0 aromatic heterocycles. The fourth-order valence-corrected chi connectivity index (χ4v) is 2.58. The van der Waals surface area contributed by atoms with Gasteiger partial charge in [-0.2, -0.15) is 0 Å². The van der Waals surface area contributed by atoms with E-state index in [1.807, 2.05) is 31.2 Å². The number of carbonyl (C=O) groups excluding carboxylic acids is 1. The molecule has 3 atom stereocenters. The van der Waals surface area contributed by atoms with E-state index >= 15 is 0 Å². The highest BCUT2D eigenvalue weighted by Gasteiger charge is 2.36. The second kappa shape index (κ2) is 6.22. The van der Waals surface area contributed by atoms with Crippen LogP contribution in [0.5, 0.6) is 5.75 Å². The first-order valence-corrected chi connectivity index (χ1v) is 6.74. The summed E-state index contributed by atoms with van der Waals surface area (Å²) < 4.78 is 17.6. The molecule has 5 heteroatoms. The minimum atomic E-state index is -1.05. The number of aliphatic hydroxyl groups excluding tert-OH is 1. The molecular weight excluding hydrogens is 261 g/mol. The summed E-state index contributed by atoms with van der Waals surface area (Å²) in [7, 11) is 1.60. The maximum Gasteiger partial charge on any atom is 0.223 e.